The summed E-state index contributed by atoms with van der Waals surface area (Å²) in [4.78, 5) is 26.6. The maximum Gasteiger partial charge on any atom is 0.309 e. The van der Waals surface area contributed by atoms with Crippen molar-refractivity contribution in [2.45, 2.75) is 6.42 Å². The van der Waals surface area contributed by atoms with Crippen molar-refractivity contribution in [1.29, 1.82) is 0 Å². The first-order chi connectivity index (χ1) is 9.13. The number of aromatic nitrogens is 3. The van der Waals surface area contributed by atoms with Crippen molar-refractivity contribution in [2.75, 3.05) is 0 Å². The third-order valence-electron chi connectivity index (χ3n) is 2.62. The minimum atomic E-state index is -1.03. The number of carboxylic acid groups (broad SMARTS) is 1. The molecule has 7 nitrogen and oxygen atoms in total. The van der Waals surface area contributed by atoms with Crippen molar-refractivity contribution in [3.8, 4) is 11.5 Å². The van der Waals surface area contributed by atoms with Crippen LogP contribution in [0.15, 0.2) is 39.7 Å². The van der Waals surface area contributed by atoms with Gasteiger partial charge >= 0.3 is 5.97 Å². The number of carboxylic acids is 1. The topological polar surface area (TPSA) is 101 Å². The second-order valence-corrected chi connectivity index (χ2v) is 4.00. The number of fused-ring (bicyclic) bond motifs is 1. The van der Waals surface area contributed by atoms with Crippen LogP contribution >= 0.6 is 0 Å². The average Bonchev–Trinajstić information content (AvgIpc) is 2.95. The van der Waals surface area contributed by atoms with Gasteiger partial charge in [0.25, 0.3) is 5.56 Å². The van der Waals surface area contributed by atoms with Gasteiger partial charge < -0.3 is 9.52 Å². The first-order valence-electron chi connectivity index (χ1n) is 5.51. The molecule has 3 aromatic rings. The number of carbonyl (C=O) groups is 1. The summed E-state index contributed by atoms with van der Waals surface area (Å²) in [6.45, 7) is 0. The molecule has 0 aliphatic heterocycles. The number of hydrogen-bond acceptors (Lipinski definition) is 4. The van der Waals surface area contributed by atoms with Gasteiger partial charge in [0.1, 0.15) is 5.69 Å². The summed E-state index contributed by atoms with van der Waals surface area (Å²) in [5, 5.41) is 11.6. The van der Waals surface area contributed by atoms with Crippen LogP contribution in [0.4, 0.5) is 0 Å². The molecule has 0 aromatic carbocycles. The van der Waals surface area contributed by atoms with Gasteiger partial charge in [-0.1, -0.05) is 0 Å². The highest BCUT2D eigenvalue weighted by Gasteiger charge is 2.10. The quantitative estimate of drug-likeness (QED) is 0.728. The van der Waals surface area contributed by atoms with Crippen molar-refractivity contribution >= 4 is 11.6 Å². The van der Waals surface area contributed by atoms with Crippen LogP contribution in [0.1, 0.15) is 5.69 Å². The Balaban J connectivity index is 2.15. The van der Waals surface area contributed by atoms with E-state index in [-0.39, 0.29) is 17.7 Å². The Kier molecular flexibility index (Phi) is 2.45. The molecule has 0 aliphatic carbocycles. The lowest BCUT2D eigenvalue weighted by molar-refractivity contribution is -0.136. The van der Waals surface area contributed by atoms with Crippen LogP contribution in [0.2, 0.25) is 0 Å². The first kappa shape index (κ1) is 11.3. The Morgan fingerprint density at radius 2 is 2.32 bits per heavy atom. The standard InChI is InChI=1S/C12H9N3O4/c16-11-4-7(5-12(17)18)13-10-6-8(14-15(10)11)9-2-1-3-19-9/h1-4,6,14H,5H2,(H,17,18). The van der Waals surface area contributed by atoms with Gasteiger partial charge in [0.15, 0.2) is 11.4 Å². The van der Waals surface area contributed by atoms with Crippen molar-refractivity contribution < 1.29 is 14.3 Å². The summed E-state index contributed by atoms with van der Waals surface area (Å²) < 4.78 is 6.45. The van der Waals surface area contributed by atoms with E-state index in [1.165, 1.54) is 16.8 Å². The molecule has 96 valence electrons. The lowest BCUT2D eigenvalue weighted by Crippen LogP contribution is -2.16. The van der Waals surface area contributed by atoms with E-state index in [2.05, 4.69) is 10.1 Å². The molecule has 0 saturated heterocycles. The van der Waals surface area contributed by atoms with Crippen molar-refractivity contribution in [2.24, 2.45) is 0 Å². The lowest BCUT2D eigenvalue weighted by Gasteiger charge is -1.96. The van der Waals surface area contributed by atoms with Gasteiger partial charge in [-0.2, -0.15) is 0 Å². The molecule has 0 spiro atoms. The molecule has 3 heterocycles. The minimum Gasteiger partial charge on any atom is -0.481 e. The van der Waals surface area contributed by atoms with Crippen LogP contribution in [0.5, 0.6) is 0 Å². The van der Waals surface area contributed by atoms with Crippen LogP contribution in [0, 0.1) is 0 Å². The zero-order valence-corrected chi connectivity index (χ0v) is 9.66. The largest absolute Gasteiger partial charge is 0.481 e. The van der Waals surface area contributed by atoms with E-state index in [4.69, 9.17) is 9.52 Å². The number of nitrogens with one attached hydrogen (secondary N) is 1. The smallest absolute Gasteiger partial charge is 0.309 e. The number of rotatable bonds is 3. The van der Waals surface area contributed by atoms with Crippen LogP contribution < -0.4 is 5.56 Å². The highest BCUT2D eigenvalue weighted by atomic mass is 16.4. The number of aliphatic carboxylic acids is 1. The highest BCUT2D eigenvalue weighted by Crippen LogP contribution is 2.18. The monoisotopic (exact) mass is 259 g/mol. The van der Waals surface area contributed by atoms with Crippen molar-refractivity contribution in [3.63, 3.8) is 0 Å². The van der Waals surface area contributed by atoms with Crippen LogP contribution in [0.3, 0.4) is 0 Å². The normalized spacial score (nSPS) is 10.9. The Labute approximate surface area is 106 Å². The maximum absolute atomic E-state index is 11.8. The molecule has 2 N–H and O–H groups in total. The number of nitrogens with zero attached hydrogens (tertiary/aromatic N) is 2. The second kappa shape index (κ2) is 4.13. The maximum atomic E-state index is 11.8. The van der Waals surface area contributed by atoms with E-state index < -0.39 is 5.97 Å². The molecule has 0 radical (unpaired) electrons. The fourth-order valence-corrected chi connectivity index (χ4v) is 1.84. The Hall–Kier alpha value is -2.83. The zero-order valence-electron chi connectivity index (χ0n) is 9.66. The third kappa shape index (κ3) is 2.01. The van der Waals surface area contributed by atoms with E-state index in [1.54, 1.807) is 18.2 Å². The fourth-order valence-electron chi connectivity index (χ4n) is 1.84. The molecule has 3 rings (SSSR count). The van der Waals surface area contributed by atoms with Crippen molar-refractivity contribution in [1.82, 2.24) is 14.6 Å². The molecule has 3 aromatic heterocycles. The highest BCUT2D eigenvalue weighted by molar-refractivity contribution is 5.70. The predicted molar refractivity (Wildman–Crippen MR) is 64.9 cm³/mol. The number of hydrogen-bond donors (Lipinski definition) is 2. The summed E-state index contributed by atoms with van der Waals surface area (Å²) in [5.41, 5.74) is 0.818. The summed E-state index contributed by atoms with van der Waals surface area (Å²) in [6, 6.07) is 6.30. The van der Waals surface area contributed by atoms with Gasteiger partial charge in [0.05, 0.1) is 18.4 Å². The van der Waals surface area contributed by atoms with Crippen LogP contribution in [-0.4, -0.2) is 25.7 Å². The van der Waals surface area contributed by atoms with Gasteiger partial charge in [-0.3, -0.25) is 14.7 Å². The Morgan fingerprint density at radius 1 is 1.47 bits per heavy atom. The minimum absolute atomic E-state index is 0.225. The van der Waals surface area contributed by atoms with Gasteiger partial charge in [0, 0.05) is 12.1 Å². The molecule has 0 saturated carbocycles. The van der Waals surface area contributed by atoms with E-state index in [1.807, 2.05) is 0 Å². The SMILES string of the molecule is O=C(O)Cc1cc(=O)n2[nH]c(-c3ccco3)cc2n1. The van der Waals surface area contributed by atoms with Crippen molar-refractivity contribution in [3.05, 3.63) is 46.6 Å². The molecule has 0 fully saturated rings. The predicted octanol–water partition coefficient (Wildman–Crippen LogP) is 0.910. The Bertz CT molecular complexity index is 798. The first-order valence-corrected chi connectivity index (χ1v) is 5.51. The van der Waals surface area contributed by atoms with Gasteiger partial charge in [-0.15, -0.1) is 0 Å². The summed E-state index contributed by atoms with van der Waals surface area (Å²) in [6.07, 6.45) is 1.24. The van der Waals surface area contributed by atoms with E-state index >= 15 is 0 Å². The van der Waals surface area contributed by atoms with E-state index in [0.717, 1.165) is 0 Å². The van der Waals surface area contributed by atoms with E-state index in [9.17, 15) is 9.59 Å². The molecule has 0 bridgehead atoms. The summed E-state index contributed by atoms with van der Waals surface area (Å²) in [7, 11) is 0. The molecule has 0 amide bonds. The molecular weight excluding hydrogens is 250 g/mol. The average molecular weight is 259 g/mol. The summed E-state index contributed by atoms with van der Waals surface area (Å²) in [5.74, 6) is -0.456. The fraction of sp³-hybridized carbons (Fsp3) is 0.0833. The molecule has 7 heteroatoms. The molecular formula is C12H9N3O4. The number of H-pyrrole nitrogens is 1. The van der Waals surface area contributed by atoms with Crippen LogP contribution in [0.25, 0.3) is 17.1 Å². The van der Waals surface area contributed by atoms with Crippen LogP contribution in [-0.2, 0) is 11.2 Å². The molecule has 19 heavy (non-hydrogen) atoms. The van der Waals surface area contributed by atoms with E-state index in [0.29, 0.717) is 17.1 Å². The third-order valence-corrected chi connectivity index (χ3v) is 2.62. The van der Waals surface area contributed by atoms with Gasteiger partial charge in [0.2, 0.25) is 0 Å². The van der Waals surface area contributed by atoms with Gasteiger partial charge in [-0.05, 0) is 12.1 Å². The van der Waals surface area contributed by atoms with Gasteiger partial charge in [-0.25, -0.2) is 9.50 Å². The zero-order chi connectivity index (χ0) is 13.4. The molecule has 0 unspecified atom stereocenters. The second-order valence-electron chi connectivity index (χ2n) is 4.00. The Morgan fingerprint density at radius 3 is 3.00 bits per heavy atom. The lowest BCUT2D eigenvalue weighted by atomic mass is 10.3. The summed E-state index contributed by atoms with van der Waals surface area (Å²) >= 11 is 0. The number of furan rings is 1. The number of aromatic amines is 1. The molecule has 0 atom stereocenters. The molecule has 0 aliphatic rings.